The molecule has 0 aliphatic carbocycles. The maximum absolute atomic E-state index is 9.35. The Bertz CT molecular complexity index is 819. The van der Waals surface area contributed by atoms with Crippen molar-refractivity contribution in [2.24, 2.45) is 5.10 Å². The number of rotatable bonds is 3. The highest BCUT2D eigenvalue weighted by Crippen LogP contribution is 2.34. The lowest BCUT2D eigenvalue weighted by atomic mass is 10.1. The summed E-state index contributed by atoms with van der Waals surface area (Å²) in [4.78, 5) is 0. The van der Waals surface area contributed by atoms with Gasteiger partial charge in [-0.05, 0) is 36.8 Å². The minimum atomic E-state index is 0.199. The molecule has 0 saturated heterocycles. The van der Waals surface area contributed by atoms with Crippen molar-refractivity contribution in [2.45, 2.75) is 6.92 Å². The fraction of sp³-hybridized carbons (Fsp3) is 0.118. The molecule has 114 valence electrons. The molecule has 0 N–H and O–H groups in total. The van der Waals surface area contributed by atoms with Crippen molar-refractivity contribution in [2.75, 3.05) is 12.1 Å². The van der Waals surface area contributed by atoms with E-state index in [-0.39, 0.29) is 5.71 Å². The number of hydrazone groups is 1. The number of hydrogen-bond acceptors (Lipinski definition) is 4. The van der Waals surface area contributed by atoms with Crippen molar-refractivity contribution >= 4 is 34.6 Å². The van der Waals surface area contributed by atoms with Crippen molar-refractivity contribution < 1.29 is 0 Å². The summed E-state index contributed by atoms with van der Waals surface area (Å²) in [6.45, 7) is 1.89. The van der Waals surface area contributed by atoms with Crippen LogP contribution in [0.1, 0.15) is 16.7 Å². The lowest BCUT2D eigenvalue weighted by Gasteiger charge is -2.17. The highest BCUT2D eigenvalue weighted by molar-refractivity contribution is 6.39. The van der Waals surface area contributed by atoms with E-state index in [0.717, 1.165) is 5.56 Å². The van der Waals surface area contributed by atoms with Gasteiger partial charge < -0.3 is 0 Å². The fourth-order valence-electron chi connectivity index (χ4n) is 2.05. The number of nitriles is 2. The van der Waals surface area contributed by atoms with Crippen LogP contribution in [0.3, 0.4) is 0 Å². The van der Waals surface area contributed by atoms with Gasteiger partial charge in [0.1, 0.15) is 6.07 Å². The van der Waals surface area contributed by atoms with Crippen LogP contribution in [-0.2, 0) is 0 Å². The second-order valence-corrected chi connectivity index (χ2v) is 5.66. The first kappa shape index (κ1) is 16.8. The van der Waals surface area contributed by atoms with Gasteiger partial charge in [0.25, 0.3) is 0 Å². The van der Waals surface area contributed by atoms with Crippen LogP contribution in [0.25, 0.3) is 0 Å². The summed E-state index contributed by atoms with van der Waals surface area (Å²) < 4.78 is 0. The molecule has 0 aliphatic heterocycles. The van der Waals surface area contributed by atoms with Crippen molar-refractivity contribution in [1.29, 1.82) is 10.5 Å². The van der Waals surface area contributed by atoms with Gasteiger partial charge in [-0.15, -0.1) is 0 Å². The zero-order chi connectivity index (χ0) is 17.0. The molecule has 0 radical (unpaired) electrons. The normalized spacial score (nSPS) is 10.8. The zero-order valence-electron chi connectivity index (χ0n) is 12.5. The Kier molecular flexibility index (Phi) is 5.24. The van der Waals surface area contributed by atoms with Crippen LogP contribution in [0.2, 0.25) is 10.0 Å². The van der Waals surface area contributed by atoms with Gasteiger partial charge in [0.05, 0.1) is 27.4 Å². The topological polar surface area (TPSA) is 63.2 Å². The molecule has 4 nitrogen and oxygen atoms in total. The Morgan fingerprint density at radius 3 is 2.13 bits per heavy atom. The minimum absolute atomic E-state index is 0.199. The van der Waals surface area contributed by atoms with Gasteiger partial charge >= 0.3 is 0 Å². The molecular weight excluding hydrogens is 331 g/mol. The maximum Gasteiger partial charge on any atom is 0.168 e. The Morgan fingerprint density at radius 1 is 1.09 bits per heavy atom. The van der Waals surface area contributed by atoms with Crippen LogP contribution < -0.4 is 5.01 Å². The van der Waals surface area contributed by atoms with Gasteiger partial charge in [-0.25, -0.2) is 0 Å². The third kappa shape index (κ3) is 3.81. The van der Waals surface area contributed by atoms with E-state index < -0.39 is 0 Å². The summed E-state index contributed by atoms with van der Waals surface area (Å²) in [5.41, 5.74) is 2.79. The number of anilines is 1. The highest BCUT2D eigenvalue weighted by atomic mass is 35.5. The largest absolute Gasteiger partial charge is 0.264 e. The summed E-state index contributed by atoms with van der Waals surface area (Å²) in [5, 5.41) is 24.8. The molecule has 0 saturated carbocycles. The molecule has 0 spiro atoms. The Hall–Kier alpha value is -2.53. The first-order valence-electron chi connectivity index (χ1n) is 6.65. The molecule has 23 heavy (non-hydrogen) atoms. The van der Waals surface area contributed by atoms with E-state index in [2.05, 4.69) is 5.10 Å². The number of halogens is 2. The minimum Gasteiger partial charge on any atom is -0.264 e. The molecular formula is C17H12Cl2N4. The quantitative estimate of drug-likeness (QED) is 0.607. The summed E-state index contributed by atoms with van der Waals surface area (Å²) in [5.74, 6) is 0. The van der Waals surface area contributed by atoms with E-state index in [0.29, 0.717) is 26.9 Å². The van der Waals surface area contributed by atoms with Crippen LogP contribution in [0.15, 0.2) is 41.5 Å². The molecule has 0 fully saturated rings. The highest BCUT2D eigenvalue weighted by Gasteiger charge is 2.13. The van der Waals surface area contributed by atoms with Gasteiger partial charge in [-0.2, -0.15) is 15.6 Å². The van der Waals surface area contributed by atoms with Crippen molar-refractivity contribution in [1.82, 2.24) is 0 Å². The summed E-state index contributed by atoms with van der Waals surface area (Å²) in [6, 6.07) is 14.2. The van der Waals surface area contributed by atoms with Gasteiger partial charge in [0.15, 0.2) is 5.71 Å². The molecule has 0 bridgehead atoms. The van der Waals surface area contributed by atoms with Gasteiger partial charge in [0.2, 0.25) is 0 Å². The SMILES string of the molecule is Cc1cc(Cl)c(N(C)/N=C(\C#N)c2ccc(C#N)cc2)c(Cl)c1. The molecule has 0 aliphatic rings. The van der Waals surface area contributed by atoms with Crippen LogP contribution in [0.5, 0.6) is 0 Å². The van der Waals surface area contributed by atoms with Crippen LogP contribution >= 0.6 is 23.2 Å². The second-order valence-electron chi connectivity index (χ2n) is 4.85. The molecule has 2 aromatic carbocycles. The average Bonchev–Trinajstić information content (AvgIpc) is 2.51. The van der Waals surface area contributed by atoms with Gasteiger partial charge in [-0.1, -0.05) is 35.3 Å². The Balaban J connectivity index is 2.42. The Morgan fingerprint density at radius 2 is 1.65 bits per heavy atom. The zero-order valence-corrected chi connectivity index (χ0v) is 14.0. The summed E-state index contributed by atoms with van der Waals surface area (Å²) in [7, 11) is 1.67. The standard InChI is InChI=1S/C17H12Cl2N4/c1-11-7-14(18)17(15(19)8-11)23(2)22-16(10-21)13-5-3-12(9-20)4-6-13/h3-8H,1-2H3/b22-16+. The molecule has 6 heteroatoms. The first-order valence-corrected chi connectivity index (χ1v) is 7.40. The third-order valence-electron chi connectivity index (χ3n) is 3.13. The molecule has 0 aromatic heterocycles. The van der Waals surface area contributed by atoms with Crippen LogP contribution in [0.4, 0.5) is 5.69 Å². The molecule has 0 amide bonds. The van der Waals surface area contributed by atoms with Crippen molar-refractivity contribution in [3.8, 4) is 12.1 Å². The number of nitrogens with zero attached hydrogens (tertiary/aromatic N) is 4. The van der Waals surface area contributed by atoms with E-state index in [1.807, 2.05) is 19.1 Å². The van der Waals surface area contributed by atoms with E-state index >= 15 is 0 Å². The fourth-order valence-corrected chi connectivity index (χ4v) is 2.89. The lowest BCUT2D eigenvalue weighted by molar-refractivity contribution is 1.02. The second kappa shape index (κ2) is 7.15. The first-order chi connectivity index (χ1) is 11.0. The van der Waals surface area contributed by atoms with E-state index in [1.165, 1.54) is 5.01 Å². The molecule has 0 atom stereocenters. The van der Waals surface area contributed by atoms with Gasteiger partial charge in [0, 0.05) is 12.6 Å². The third-order valence-corrected chi connectivity index (χ3v) is 3.70. The molecule has 0 unspecified atom stereocenters. The number of benzene rings is 2. The number of aryl methyl sites for hydroxylation is 1. The predicted molar refractivity (Wildman–Crippen MR) is 92.9 cm³/mol. The summed E-state index contributed by atoms with van der Waals surface area (Å²) in [6.07, 6.45) is 0. The maximum atomic E-state index is 9.35. The average molecular weight is 343 g/mol. The Labute approximate surface area is 144 Å². The predicted octanol–water partition coefficient (Wildman–Crippen LogP) is 4.54. The molecule has 0 heterocycles. The van der Waals surface area contributed by atoms with Gasteiger partial charge in [-0.3, -0.25) is 5.01 Å². The lowest BCUT2D eigenvalue weighted by Crippen LogP contribution is -2.14. The van der Waals surface area contributed by atoms with E-state index in [4.69, 9.17) is 28.5 Å². The van der Waals surface area contributed by atoms with Crippen LogP contribution in [0, 0.1) is 29.6 Å². The summed E-state index contributed by atoms with van der Waals surface area (Å²) >= 11 is 12.5. The number of hydrogen-bond donors (Lipinski definition) is 0. The van der Waals surface area contributed by atoms with E-state index in [9.17, 15) is 5.26 Å². The van der Waals surface area contributed by atoms with Crippen LogP contribution in [-0.4, -0.2) is 12.8 Å². The smallest absolute Gasteiger partial charge is 0.168 e. The molecule has 2 aromatic rings. The van der Waals surface area contributed by atoms with Crippen molar-refractivity contribution in [3.63, 3.8) is 0 Å². The monoisotopic (exact) mass is 342 g/mol. The molecule has 2 rings (SSSR count). The van der Waals surface area contributed by atoms with Crippen molar-refractivity contribution in [3.05, 3.63) is 63.1 Å². The van der Waals surface area contributed by atoms with E-state index in [1.54, 1.807) is 43.4 Å².